The molecule has 0 N–H and O–H groups in total. The van der Waals surface area contributed by atoms with E-state index in [2.05, 4.69) is 116 Å². The van der Waals surface area contributed by atoms with Crippen LogP contribution in [-0.2, 0) is 0 Å². The molecule has 0 amide bonds. The van der Waals surface area contributed by atoms with Crippen LogP contribution in [-0.4, -0.2) is 0 Å². The quantitative estimate of drug-likeness (QED) is 0.247. The monoisotopic (exact) mass is 434 g/mol. The lowest BCUT2D eigenvalue weighted by atomic mass is 9.84. The molecule has 160 valence electrons. The van der Waals surface area contributed by atoms with Crippen molar-refractivity contribution in [3.8, 4) is 22.3 Å². The fraction of sp³-hybridized carbons (Fsp3) is 0.0303. The minimum absolute atomic E-state index is 0.923. The number of benzene rings is 6. The van der Waals surface area contributed by atoms with E-state index in [1.165, 1.54) is 43.8 Å². The molecule has 1 nitrogen and oxygen atoms in total. The molecule has 0 aliphatic rings. The van der Waals surface area contributed by atoms with E-state index in [4.69, 9.17) is 4.42 Å². The molecule has 0 aliphatic heterocycles. The first-order valence-corrected chi connectivity index (χ1v) is 11.7. The van der Waals surface area contributed by atoms with Gasteiger partial charge in [0.25, 0.3) is 0 Å². The Hall–Kier alpha value is -4.36. The number of hydrogen-bond donors (Lipinski definition) is 0. The first kappa shape index (κ1) is 19.1. The molecule has 34 heavy (non-hydrogen) atoms. The summed E-state index contributed by atoms with van der Waals surface area (Å²) in [6.45, 7) is 2.14. The standard InChI is InChI=1S/C33H22O/c1-21-17-19-22(20-18-21)31-26-12-4-2-9-23(26)24-10-3-5-13-27(24)32(31)29-15-8-14-28-25-11-6-7-16-30(25)34-33(28)29/h2-20H,1H3. The number of para-hydroxylation sites is 2. The Bertz CT molecular complexity index is 1850. The highest BCUT2D eigenvalue weighted by Gasteiger charge is 2.20. The number of hydrogen-bond acceptors (Lipinski definition) is 1. The molecule has 1 heteroatoms. The van der Waals surface area contributed by atoms with Crippen molar-refractivity contribution in [3.05, 3.63) is 121 Å². The van der Waals surface area contributed by atoms with Crippen LogP contribution in [0.25, 0.3) is 65.7 Å². The van der Waals surface area contributed by atoms with Crippen molar-refractivity contribution < 1.29 is 4.42 Å². The molecule has 7 rings (SSSR count). The molecule has 6 aromatic carbocycles. The van der Waals surface area contributed by atoms with E-state index in [0.717, 1.165) is 27.5 Å². The summed E-state index contributed by atoms with van der Waals surface area (Å²) < 4.78 is 6.51. The van der Waals surface area contributed by atoms with Crippen molar-refractivity contribution in [1.29, 1.82) is 0 Å². The van der Waals surface area contributed by atoms with Crippen LogP contribution in [0.4, 0.5) is 0 Å². The first-order chi connectivity index (χ1) is 16.8. The number of aryl methyl sites for hydroxylation is 1. The van der Waals surface area contributed by atoms with Gasteiger partial charge in [0.2, 0.25) is 0 Å². The first-order valence-electron chi connectivity index (χ1n) is 11.7. The van der Waals surface area contributed by atoms with E-state index < -0.39 is 0 Å². The maximum Gasteiger partial charge on any atom is 0.143 e. The van der Waals surface area contributed by atoms with Gasteiger partial charge in [0.15, 0.2) is 0 Å². The summed E-state index contributed by atoms with van der Waals surface area (Å²) >= 11 is 0. The van der Waals surface area contributed by atoms with E-state index in [-0.39, 0.29) is 0 Å². The summed E-state index contributed by atoms with van der Waals surface area (Å²) in [6.07, 6.45) is 0. The van der Waals surface area contributed by atoms with Crippen LogP contribution in [0.5, 0.6) is 0 Å². The highest BCUT2D eigenvalue weighted by Crippen LogP contribution is 2.47. The molecule has 0 fully saturated rings. The maximum absolute atomic E-state index is 6.51. The van der Waals surface area contributed by atoms with Gasteiger partial charge in [-0.2, -0.15) is 0 Å². The van der Waals surface area contributed by atoms with Gasteiger partial charge >= 0.3 is 0 Å². The fourth-order valence-electron chi connectivity index (χ4n) is 5.39. The maximum atomic E-state index is 6.51. The molecule has 0 saturated heterocycles. The van der Waals surface area contributed by atoms with Gasteiger partial charge in [-0.1, -0.05) is 115 Å². The summed E-state index contributed by atoms with van der Waals surface area (Å²) in [4.78, 5) is 0. The molecule has 1 heterocycles. The fourth-order valence-corrected chi connectivity index (χ4v) is 5.39. The average Bonchev–Trinajstić information content (AvgIpc) is 3.28. The van der Waals surface area contributed by atoms with Crippen molar-refractivity contribution in [2.75, 3.05) is 0 Å². The molecule has 7 aromatic rings. The zero-order valence-electron chi connectivity index (χ0n) is 18.9. The summed E-state index contributed by atoms with van der Waals surface area (Å²) in [5.74, 6) is 0. The zero-order chi connectivity index (χ0) is 22.6. The average molecular weight is 435 g/mol. The van der Waals surface area contributed by atoms with E-state index in [9.17, 15) is 0 Å². The van der Waals surface area contributed by atoms with Crippen LogP contribution in [0, 0.1) is 6.92 Å². The summed E-state index contributed by atoms with van der Waals surface area (Å²) in [5, 5.41) is 7.34. The van der Waals surface area contributed by atoms with Crippen LogP contribution in [0.15, 0.2) is 120 Å². The van der Waals surface area contributed by atoms with Crippen molar-refractivity contribution in [1.82, 2.24) is 0 Å². The lowest BCUT2D eigenvalue weighted by Crippen LogP contribution is -1.92. The molecule has 1 aromatic heterocycles. The number of fused-ring (bicyclic) bond motifs is 6. The number of furan rings is 1. The smallest absolute Gasteiger partial charge is 0.143 e. The molecular weight excluding hydrogens is 412 g/mol. The van der Waals surface area contributed by atoms with E-state index in [1.807, 2.05) is 6.07 Å². The van der Waals surface area contributed by atoms with Gasteiger partial charge < -0.3 is 4.42 Å². The van der Waals surface area contributed by atoms with E-state index in [0.29, 0.717) is 0 Å². The lowest BCUT2D eigenvalue weighted by Gasteiger charge is -2.18. The van der Waals surface area contributed by atoms with Crippen LogP contribution in [0.2, 0.25) is 0 Å². The summed E-state index contributed by atoms with van der Waals surface area (Å²) in [7, 11) is 0. The van der Waals surface area contributed by atoms with E-state index >= 15 is 0 Å². The molecular formula is C33H22O. The van der Waals surface area contributed by atoms with Gasteiger partial charge in [0.05, 0.1) is 0 Å². The molecule has 0 bridgehead atoms. The third-order valence-electron chi connectivity index (χ3n) is 6.95. The minimum atomic E-state index is 0.923. The van der Waals surface area contributed by atoms with Crippen LogP contribution >= 0.6 is 0 Å². The third-order valence-corrected chi connectivity index (χ3v) is 6.95. The van der Waals surface area contributed by atoms with Crippen LogP contribution in [0.3, 0.4) is 0 Å². The van der Waals surface area contributed by atoms with Gasteiger partial charge in [-0.25, -0.2) is 0 Å². The summed E-state index contributed by atoms with van der Waals surface area (Å²) in [6, 6.07) is 41.2. The Kier molecular flexibility index (Phi) is 4.13. The van der Waals surface area contributed by atoms with E-state index in [1.54, 1.807) is 0 Å². The Labute approximate surface area is 197 Å². The Morgan fingerprint density at radius 2 is 1.00 bits per heavy atom. The topological polar surface area (TPSA) is 13.1 Å². The largest absolute Gasteiger partial charge is 0.455 e. The Morgan fingerprint density at radius 1 is 0.441 bits per heavy atom. The van der Waals surface area contributed by atoms with Crippen molar-refractivity contribution in [2.24, 2.45) is 0 Å². The molecule has 0 radical (unpaired) electrons. The second-order valence-electron chi connectivity index (χ2n) is 8.99. The SMILES string of the molecule is Cc1ccc(-c2c(-c3cccc4c3oc3ccccc34)c3ccccc3c3ccccc23)cc1. The van der Waals surface area contributed by atoms with Gasteiger partial charge in [-0.15, -0.1) is 0 Å². The second kappa shape index (κ2) is 7.33. The van der Waals surface area contributed by atoms with Gasteiger partial charge in [-0.05, 0) is 45.7 Å². The Morgan fingerprint density at radius 3 is 1.71 bits per heavy atom. The minimum Gasteiger partial charge on any atom is -0.455 e. The molecule has 0 spiro atoms. The van der Waals surface area contributed by atoms with Gasteiger partial charge in [-0.3, -0.25) is 0 Å². The lowest BCUT2D eigenvalue weighted by molar-refractivity contribution is 0.670. The van der Waals surface area contributed by atoms with Crippen LogP contribution < -0.4 is 0 Å². The third kappa shape index (κ3) is 2.74. The predicted molar refractivity (Wildman–Crippen MR) is 144 cm³/mol. The van der Waals surface area contributed by atoms with Gasteiger partial charge in [0.1, 0.15) is 11.2 Å². The highest BCUT2D eigenvalue weighted by molar-refractivity contribution is 6.24. The zero-order valence-corrected chi connectivity index (χ0v) is 18.9. The molecule has 0 saturated carbocycles. The normalized spacial score (nSPS) is 11.7. The Balaban J connectivity index is 1.72. The summed E-state index contributed by atoms with van der Waals surface area (Å²) in [5.41, 5.74) is 7.95. The number of rotatable bonds is 2. The van der Waals surface area contributed by atoms with Crippen molar-refractivity contribution in [2.45, 2.75) is 6.92 Å². The van der Waals surface area contributed by atoms with Crippen molar-refractivity contribution >= 4 is 43.5 Å². The van der Waals surface area contributed by atoms with Crippen molar-refractivity contribution in [3.63, 3.8) is 0 Å². The molecule has 0 aliphatic carbocycles. The van der Waals surface area contributed by atoms with Crippen LogP contribution in [0.1, 0.15) is 5.56 Å². The molecule has 0 unspecified atom stereocenters. The molecule has 0 atom stereocenters. The highest BCUT2D eigenvalue weighted by atomic mass is 16.3. The van der Waals surface area contributed by atoms with Gasteiger partial charge in [0, 0.05) is 21.9 Å². The predicted octanol–water partition coefficient (Wildman–Crippen LogP) is 9.53. The second-order valence-corrected chi connectivity index (χ2v) is 8.99.